The lowest BCUT2D eigenvalue weighted by Gasteiger charge is -2.24. The van der Waals surface area contributed by atoms with Gasteiger partial charge in [-0.15, -0.1) is 0 Å². The maximum Gasteiger partial charge on any atom is 0.234 e. The first-order valence-corrected chi connectivity index (χ1v) is 10.4. The predicted octanol–water partition coefficient (Wildman–Crippen LogP) is 4.45. The molecule has 7 nitrogen and oxygen atoms in total. The summed E-state index contributed by atoms with van der Waals surface area (Å²) in [4.78, 5) is 9.52. The molecule has 0 atom stereocenters. The molecule has 0 bridgehead atoms. The molecule has 1 aromatic heterocycles. The van der Waals surface area contributed by atoms with Gasteiger partial charge in [0, 0.05) is 6.54 Å². The lowest BCUT2D eigenvalue weighted by molar-refractivity contribution is 0.174. The first kappa shape index (κ1) is 20.5. The fourth-order valence-electron chi connectivity index (χ4n) is 3.68. The van der Waals surface area contributed by atoms with Gasteiger partial charge in [0.1, 0.15) is 18.4 Å². The van der Waals surface area contributed by atoms with Crippen LogP contribution < -0.4 is 19.1 Å². The van der Waals surface area contributed by atoms with Gasteiger partial charge >= 0.3 is 0 Å². The number of hydrogen-bond acceptors (Lipinski definition) is 7. The van der Waals surface area contributed by atoms with Crippen molar-refractivity contribution in [3.8, 4) is 23.3 Å². The molecule has 0 fully saturated rings. The zero-order valence-corrected chi connectivity index (χ0v) is 17.6. The third kappa shape index (κ3) is 4.48. The molecular weight excluding hydrogens is 423 g/mol. The normalized spacial score (nSPS) is 11.9. The predicted molar refractivity (Wildman–Crippen MR) is 120 cm³/mol. The van der Waals surface area contributed by atoms with Gasteiger partial charge in [0.05, 0.1) is 12.7 Å². The van der Waals surface area contributed by atoms with Gasteiger partial charge in [-0.1, -0.05) is 36.4 Å². The van der Waals surface area contributed by atoms with E-state index in [0.29, 0.717) is 24.6 Å². The van der Waals surface area contributed by atoms with Crippen molar-refractivity contribution in [2.45, 2.75) is 6.54 Å². The minimum absolute atomic E-state index is 0.0429. The largest absolute Gasteiger partial charge is 0.492 e. The maximum atomic E-state index is 14.6. The van der Waals surface area contributed by atoms with Gasteiger partial charge < -0.3 is 19.1 Å². The quantitative estimate of drug-likeness (QED) is 0.418. The van der Waals surface area contributed by atoms with E-state index in [9.17, 15) is 9.65 Å². The Bertz CT molecular complexity index is 1360. The fourth-order valence-corrected chi connectivity index (χ4v) is 3.68. The van der Waals surface area contributed by atoms with Crippen LogP contribution >= 0.6 is 0 Å². The van der Waals surface area contributed by atoms with Gasteiger partial charge in [-0.05, 0) is 40.6 Å². The highest BCUT2D eigenvalue weighted by atomic mass is 19.1. The standard InChI is InChI=1S/C25H19FN4O3/c26-21-14-28-24(13-27)29-25(21)30(15-17-5-8-22-23(11-17)33-16-32-22)9-10-31-20-7-6-18-3-1-2-4-19(18)12-20/h1-8,11-12,14H,9-10,15-16H2. The Hall–Kier alpha value is -4.38. The van der Waals surface area contributed by atoms with Crippen LogP contribution in [0.25, 0.3) is 10.8 Å². The van der Waals surface area contributed by atoms with Gasteiger partial charge in [0.2, 0.25) is 12.6 Å². The number of rotatable bonds is 7. The average Bonchev–Trinajstić information content (AvgIpc) is 3.32. The Morgan fingerprint density at radius 1 is 1.03 bits per heavy atom. The molecule has 0 saturated carbocycles. The second-order valence-electron chi connectivity index (χ2n) is 7.44. The minimum Gasteiger partial charge on any atom is -0.492 e. The molecule has 8 heteroatoms. The fraction of sp³-hybridized carbons (Fsp3) is 0.160. The summed E-state index contributed by atoms with van der Waals surface area (Å²) < 4.78 is 31.4. The highest BCUT2D eigenvalue weighted by Gasteiger charge is 2.19. The maximum absolute atomic E-state index is 14.6. The molecule has 1 aliphatic heterocycles. The van der Waals surface area contributed by atoms with Crippen LogP contribution in [0.15, 0.2) is 66.9 Å². The summed E-state index contributed by atoms with van der Waals surface area (Å²) in [5, 5.41) is 11.4. The van der Waals surface area contributed by atoms with Crippen molar-refractivity contribution in [3.63, 3.8) is 0 Å². The van der Waals surface area contributed by atoms with Gasteiger partial charge in [-0.25, -0.2) is 9.37 Å². The number of nitriles is 1. The van der Waals surface area contributed by atoms with E-state index >= 15 is 0 Å². The number of hydrogen-bond donors (Lipinski definition) is 0. The van der Waals surface area contributed by atoms with Crippen LogP contribution in [0.3, 0.4) is 0 Å². The Balaban J connectivity index is 1.36. The number of halogens is 1. The van der Waals surface area contributed by atoms with Crippen molar-refractivity contribution in [1.82, 2.24) is 9.97 Å². The lowest BCUT2D eigenvalue weighted by Crippen LogP contribution is -2.30. The van der Waals surface area contributed by atoms with Crippen LogP contribution in [-0.4, -0.2) is 29.9 Å². The Kier molecular flexibility index (Phi) is 5.60. The van der Waals surface area contributed by atoms with E-state index in [1.165, 1.54) is 0 Å². The van der Waals surface area contributed by atoms with E-state index in [1.807, 2.05) is 66.7 Å². The molecule has 33 heavy (non-hydrogen) atoms. The molecule has 0 saturated heterocycles. The molecule has 0 unspecified atom stereocenters. The highest BCUT2D eigenvalue weighted by Crippen LogP contribution is 2.33. The molecule has 3 aromatic carbocycles. The number of fused-ring (bicyclic) bond motifs is 2. The van der Waals surface area contributed by atoms with Crippen LogP contribution in [0.4, 0.5) is 10.2 Å². The molecule has 1 aliphatic rings. The highest BCUT2D eigenvalue weighted by molar-refractivity contribution is 5.83. The molecule has 0 amide bonds. The molecule has 5 rings (SSSR count). The minimum atomic E-state index is -0.611. The van der Waals surface area contributed by atoms with Crippen molar-refractivity contribution in [3.05, 3.63) is 84.1 Å². The zero-order valence-electron chi connectivity index (χ0n) is 17.6. The monoisotopic (exact) mass is 442 g/mol. The van der Waals surface area contributed by atoms with E-state index < -0.39 is 5.82 Å². The molecule has 0 radical (unpaired) electrons. The molecule has 4 aromatic rings. The number of nitrogens with zero attached hydrogens (tertiary/aromatic N) is 4. The molecule has 2 heterocycles. The summed E-state index contributed by atoms with van der Waals surface area (Å²) in [5.41, 5.74) is 0.876. The summed E-state index contributed by atoms with van der Waals surface area (Å²) in [5.74, 6) is 1.36. The van der Waals surface area contributed by atoms with E-state index in [-0.39, 0.29) is 25.0 Å². The molecule has 164 valence electrons. The molecule has 0 spiro atoms. The summed E-state index contributed by atoms with van der Waals surface area (Å²) in [6.07, 6.45) is 1.01. The lowest BCUT2D eigenvalue weighted by atomic mass is 10.1. The Labute approximate surface area is 189 Å². The first-order chi connectivity index (χ1) is 16.2. The molecule has 0 N–H and O–H groups in total. The molecule has 0 aliphatic carbocycles. The smallest absolute Gasteiger partial charge is 0.234 e. The van der Waals surface area contributed by atoms with E-state index in [2.05, 4.69) is 9.97 Å². The van der Waals surface area contributed by atoms with Crippen LogP contribution in [0.2, 0.25) is 0 Å². The summed E-state index contributed by atoms with van der Waals surface area (Å²) in [6.45, 7) is 1.12. The third-order valence-corrected chi connectivity index (χ3v) is 5.29. The second-order valence-corrected chi connectivity index (χ2v) is 7.44. The third-order valence-electron chi connectivity index (χ3n) is 5.29. The molecular formula is C25H19FN4O3. The van der Waals surface area contributed by atoms with Crippen molar-refractivity contribution in [2.24, 2.45) is 0 Å². The van der Waals surface area contributed by atoms with Crippen molar-refractivity contribution >= 4 is 16.6 Å². The average molecular weight is 442 g/mol. The van der Waals surface area contributed by atoms with Gasteiger partial charge in [0.25, 0.3) is 0 Å². The number of anilines is 1. The zero-order chi connectivity index (χ0) is 22.6. The van der Waals surface area contributed by atoms with Gasteiger partial charge in [-0.2, -0.15) is 10.2 Å². The van der Waals surface area contributed by atoms with Crippen molar-refractivity contribution in [1.29, 1.82) is 5.26 Å². The van der Waals surface area contributed by atoms with Crippen LogP contribution in [0.1, 0.15) is 11.4 Å². The first-order valence-electron chi connectivity index (χ1n) is 10.4. The van der Waals surface area contributed by atoms with Crippen LogP contribution in [0.5, 0.6) is 17.2 Å². The van der Waals surface area contributed by atoms with E-state index in [1.54, 1.807) is 4.90 Å². The summed E-state index contributed by atoms with van der Waals surface area (Å²) in [6, 6.07) is 21.3. The van der Waals surface area contributed by atoms with E-state index in [0.717, 1.165) is 28.3 Å². The van der Waals surface area contributed by atoms with Gasteiger partial charge in [0.15, 0.2) is 23.1 Å². The van der Waals surface area contributed by atoms with Crippen LogP contribution in [0, 0.1) is 17.1 Å². The van der Waals surface area contributed by atoms with Crippen molar-refractivity contribution in [2.75, 3.05) is 24.8 Å². The van der Waals surface area contributed by atoms with Crippen molar-refractivity contribution < 1.29 is 18.6 Å². The summed E-state index contributed by atoms with van der Waals surface area (Å²) in [7, 11) is 0. The van der Waals surface area contributed by atoms with Crippen LogP contribution in [-0.2, 0) is 6.54 Å². The number of benzene rings is 3. The second kappa shape index (κ2) is 9.01. The topological polar surface area (TPSA) is 80.5 Å². The van der Waals surface area contributed by atoms with Gasteiger partial charge in [-0.3, -0.25) is 0 Å². The Morgan fingerprint density at radius 2 is 1.88 bits per heavy atom. The summed E-state index contributed by atoms with van der Waals surface area (Å²) >= 11 is 0. The Morgan fingerprint density at radius 3 is 2.76 bits per heavy atom. The number of ether oxygens (including phenoxy) is 3. The number of aromatic nitrogens is 2. The SMILES string of the molecule is N#Cc1ncc(F)c(N(CCOc2ccc3ccccc3c2)Cc2ccc3c(c2)OCO3)n1. The van der Waals surface area contributed by atoms with E-state index in [4.69, 9.17) is 14.2 Å².